The summed E-state index contributed by atoms with van der Waals surface area (Å²) in [7, 11) is 0. The van der Waals surface area contributed by atoms with E-state index in [-0.39, 0.29) is 18.0 Å². The number of anilines is 1. The van der Waals surface area contributed by atoms with Crippen molar-refractivity contribution in [3.8, 4) is 0 Å². The van der Waals surface area contributed by atoms with Crippen LogP contribution in [-0.4, -0.2) is 55.9 Å². The molecular weight excluding hydrogens is 321 g/mol. The fraction of sp³-hybridized carbons (Fsp3) is 0.667. The van der Waals surface area contributed by atoms with Gasteiger partial charge in [-0.05, 0) is 45.7 Å². The van der Waals surface area contributed by atoms with Gasteiger partial charge >= 0.3 is 0 Å². The van der Waals surface area contributed by atoms with Crippen molar-refractivity contribution in [3.05, 3.63) is 24.1 Å². The van der Waals surface area contributed by atoms with E-state index in [0.717, 1.165) is 45.0 Å². The maximum Gasteiger partial charge on any atom is 0.191 e. The van der Waals surface area contributed by atoms with Gasteiger partial charge in [0, 0.05) is 45.0 Å². The molecule has 140 valence electrons. The molecule has 1 unspecified atom stereocenters. The van der Waals surface area contributed by atoms with Crippen molar-refractivity contribution in [2.75, 3.05) is 37.7 Å². The van der Waals surface area contributed by atoms with E-state index in [1.807, 2.05) is 25.7 Å². The summed E-state index contributed by atoms with van der Waals surface area (Å²) in [4.78, 5) is 10.7. The normalized spacial score (nSPS) is 18.0. The second-order valence-electron chi connectivity index (χ2n) is 6.42. The number of ether oxygens (including phenoxy) is 1. The second-order valence-corrected chi connectivity index (χ2v) is 6.42. The van der Waals surface area contributed by atoms with E-state index in [2.05, 4.69) is 20.6 Å². The molecule has 6 nitrogen and oxygen atoms in total. The van der Waals surface area contributed by atoms with Crippen molar-refractivity contribution in [2.45, 2.75) is 45.8 Å². The summed E-state index contributed by atoms with van der Waals surface area (Å²) in [5.74, 6) is 0.967. The number of hydrogen-bond acceptors (Lipinski definition) is 4. The minimum absolute atomic E-state index is 0.228. The van der Waals surface area contributed by atoms with Crippen molar-refractivity contribution in [1.29, 1.82) is 0 Å². The molecule has 2 N–H and O–H groups in total. The molecule has 7 heteroatoms. The first-order chi connectivity index (χ1) is 12.1. The molecule has 25 heavy (non-hydrogen) atoms. The lowest BCUT2D eigenvalue weighted by molar-refractivity contribution is 0.0782. The average molecular weight is 351 g/mol. The van der Waals surface area contributed by atoms with Gasteiger partial charge in [0.15, 0.2) is 17.6 Å². The Bertz CT molecular complexity index is 552. The largest absolute Gasteiger partial charge is 0.379 e. The minimum Gasteiger partial charge on any atom is -0.379 e. The van der Waals surface area contributed by atoms with Gasteiger partial charge in [0.1, 0.15) is 0 Å². The van der Waals surface area contributed by atoms with E-state index >= 15 is 0 Å². The zero-order chi connectivity index (χ0) is 18.1. The third kappa shape index (κ3) is 6.49. The van der Waals surface area contributed by atoms with Crippen LogP contribution in [0.2, 0.25) is 0 Å². The fourth-order valence-corrected chi connectivity index (χ4v) is 2.77. The van der Waals surface area contributed by atoms with Crippen LogP contribution in [0.15, 0.2) is 23.3 Å². The smallest absolute Gasteiger partial charge is 0.191 e. The Morgan fingerprint density at radius 1 is 1.52 bits per heavy atom. The molecule has 1 aromatic heterocycles. The Morgan fingerprint density at radius 2 is 2.36 bits per heavy atom. The molecule has 0 aromatic carbocycles. The summed E-state index contributed by atoms with van der Waals surface area (Å²) < 4.78 is 19.4. The highest BCUT2D eigenvalue weighted by atomic mass is 19.1. The molecule has 0 radical (unpaired) electrons. The number of guanidine groups is 1. The summed E-state index contributed by atoms with van der Waals surface area (Å²) in [6, 6.07) is 3.29. The SMILES string of the molecule is CCNC(=NCCCOC(C)C)NC1CCN(c2ncccc2F)C1. The lowest BCUT2D eigenvalue weighted by Gasteiger charge is -2.20. The Morgan fingerprint density at radius 3 is 3.08 bits per heavy atom. The van der Waals surface area contributed by atoms with Crippen LogP contribution in [0.3, 0.4) is 0 Å². The van der Waals surface area contributed by atoms with Crippen molar-refractivity contribution in [1.82, 2.24) is 15.6 Å². The molecule has 1 aliphatic rings. The first kappa shape index (κ1) is 19.4. The maximum atomic E-state index is 13.9. The molecule has 1 fully saturated rings. The van der Waals surface area contributed by atoms with Gasteiger partial charge in [-0.2, -0.15) is 0 Å². The zero-order valence-corrected chi connectivity index (χ0v) is 15.5. The molecule has 2 heterocycles. The first-order valence-corrected chi connectivity index (χ1v) is 9.12. The molecule has 0 spiro atoms. The Labute approximate surface area is 149 Å². The van der Waals surface area contributed by atoms with Gasteiger partial charge in [0.25, 0.3) is 0 Å². The van der Waals surface area contributed by atoms with Gasteiger partial charge in [-0.15, -0.1) is 0 Å². The molecule has 0 amide bonds. The number of halogens is 1. The number of nitrogens with one attached hydrogen (secondary N) is 2. The van der Waals surface area contributed by atoms with Gasteiger partial charge in [0.2, 0.25) is 0 Å². The van der Waals surface area contributed by atoms with E-state index in [0.29, 0.717) is 12.4 Å². The number of nitrogens with zero attached hydrogens (tertiary/aromatic N) is 3. The van der Waals surface area contributed by atoms with Crippen LogP contribution in [0.4, 0.5) is 10.2 Å². The molecule has 0 saturated carbocycles. The molecule has 0 bridgehead atoms. The molecule has 1 aliphatic heterocycles. The van der Waals surface area contributed by atoms with Gasteiger partial charge in [-0.3, -0.25) is 4.99 Å². The third-order valence-electron chi connectivity index (χ3n) is 3.94. The van der Waals surface area contributed by atoms with Crippen LogP contribution < -0.4 is 15.5 Å². The van der Waals surface area contributed by atoms with E-state index < -0.39 is 0 Å². The molecule has 0 aliphatic carbocycles. The minimum atomic E-state index is -0.270. The number of aromatic nitrogens is 1. The summed E-state index contributed by atoms with van der Waals surface area (Å²) in [6.45, 7) is 9.85. The molecule has 1 atom stereocenters. The third-order valence-corrected chi connectivity index (χ3v) is 3.94. The monoisotopic (exact) mass is 351 g/mol. The van der Waals surface area contributed by atoms with Crippen molar-refractivity contribution < 1.29 is 9.13 Å². The van der Waals surface area contributed by atoms with Gasteiger partial charge in [-0.25, -0.2) is 9.37 Å². The highest BCUT2D eigenvalue weighted by Gasteiger charge is 2.25. The van der Waals surface area contributed by atoms with Gasteiger partial charge in [0.05, 0.1) is 6.10 Å². The van der Waals surface area contributed by atoms with Gasteiger partial charge < -0.3 is 20.3 Å². The predicted molar refractivity (Wildman–Crippen MR) is 99.6 cm³/mol. The summed E-state index contributed by atoms with van der Waals surface area (Å²) in [5.41, 5.74) is 0. The summed E-state index contributed by atoms with van der Waals surface area (Å²) in [6.07, 6.45) is 3.71. The number of rotatable bonds is 8. The van der Waals surface area contributed by atoms with Crippen LogP contribution in [0.25, 0.3) is 0 Å². The number of aliphatic imine (C=N–C) groups is 1. The van der Waals surface area contributed by atoms with Crippen LogP contribution >= 0.6 is 0 Å². The Hall–Kier alpha value is -1.89. The van der Waals surface area contributed by atoms with Crippen LogP contribution in [0.1, 0.15) is 33.6 Å². The standard InChI is InChI=1S/C18H30FN5O/c1-4-20-18(22-10-6-12-25-14(2)3)23-15-8-11-24(13-15)17-16(19)7-5-9-21-17/h5,7,9,14-15H,4,6,8,10-13H2,1-3H3,(H2,20,22,23). The lowest BCUT2D eigenvalue weighted by Crippen LogP contribution is -2.44. The van der Waals surface area contributed by atoms with Crippen LogP contribution in [-0.2, 0) is 4.74 Å². The Balaban J connectivity index is 1.82. The molecule has 1 saturated heterocycles. The highest BCUT2D eigenvalue weighted by Crippen LogP contribution is 2.20. The van der Waals surface area contributed by atoms with E-state index in [1.54, 1.807) is 12.3 Å². The quantitative estimate of drug-likeness (QED) is 0.427. The molecule has 2 rings (SSSR count). The number of pyridine rings is 1. The summed E-state index contributed by atoms with van der Waals surface area (Å²) >= 11 is 0. The van der Waals surface area contributed by atoms with Crippen LogP contribution in [0.5, 0.6) is 0 Å². The van der Waals surface area contributed by atoms with Crippen molar-refractivity contribution in [2.24, 2.45) is 4.99 Å². The second kappa shape index (κ2) is 10.2. The number of hydrogen-bond donors (Lipinski definition) is 2. The lowest BCUT2D eigenvalue weighted by atomic mass is 10.3. The molecule has 1 aromatic rings. The van der Waals surface area contributed by atoms with Gasteiger partial charge in [-0.1, -0.05) is 0 Å². The van der Waals surface area contributed by atoms with E-state index in [9.17, 15) is 4.39 Å². The summed E-state index contributed by atoms with van der Waals surface area (Å²) in [5, 5.41) is 6.71. The van der Waals surface area contributed by atoms with Crippen LogP contribution in [0, 0.1) is 5.82 Å². The first-order valence-electron chi connectivity index (χ1n) is 9.12. The predicted octanol–water partition coefficient (Wildman–Crippen LogP) is 2.17. The Kier molecular flexibility index (Phi) is 7.91. The maximum absolute atomic E-state index is 13.9. The van der Waals surface area contributed by atoms with Crippen molar-refractivity contribution in [3.63, 3.8) is 0 Å². The van der Waals surface area contributed by atoms with E-state index in [4.69, 9.17) is 4.74 Å². The zero-order valence-electron chi connectivity index (χ0n) is 15.5. The average Bonchev–Trinajstić information content (AvgIpc) is 3.03. The highest BCUT2D eigenvalue weighted by molar-refractivity contribution is 5.80. The van der Waals surface area contributed by atoms with Crippen molar-refractivity contribution >= 4 is 11.8 Å². The van der Waals surface area contributed by atoms with E-state index in [1.165, 1.54) is 6.07 Å². The fourth-order valence-electron chi connectivity index (χ4n) is 2.77. The topological polar surface area (TPSA) is 61.8 Å². The molecular formula is C18H30FN5O.